The molecule has 110 valence electrons. The van der Waals surface area contributed by atoms with Crippen LogP contribution < -0.4 is 5.73 Å². The number of hydrogen-bond acceptors (Lipinski definition) is 2. The van der Waals surface area contributed by atoms with Crippen LogP contribution in [-0.2, 0) is 5.41 Å². The molecule has 0 atom stereocenters. The molecule has 0 aliphatic carbocycles. The Labute approximate surface area is 124 Å². The number of benzene rings is 2. The molecule has 0 unspecified atom stereocenters. The molecule has 2 N–H and O–H groups in total. The molecule has 2 rings (SSSR count). The molecule has 0 saturated heterocycles. The lowest BCUT2D eigenvalue weighted by Gasteiger charge is -2.19. The van der Waals surface area contributed by atoms with Crippen molar-refractivity contribution in [1.82, 2.24) is 0 Å². The minimum atomic E-state index is -0.454. The number of hydrogen-bond donors (Lipinski definition) is 1. The first kappa shape index (κ1) is 15.2. The Bertz CT molecular complexity index is 658. The number of carbonyl (C=O) groups excluding carboxylic acids is 1. The minimum absolute atomic E-state index is 0.0297. The zero-order valence-corrected chi connectivity index (χ0v) is 12.8. The zero-order valence-electron chi connectivity index (χ0n) is 12.8. The Kier molecular flexibility index (Phi) is 3.86. The summed E-state index contributed by atoms with van der Waals surface area (Å²) in [6.07, 6.45) is 0. The summed E-state index contributed by atoms with van der Waals surface area (Å²) < 4.78 is 13.7. The summed E-state index contributed by atoms with van der Waals surface area (Å²) in [4.78, 5) is 12.4. The van der Waals surface area contributed by atoms with Gasteiger partial charge in [0.2, 0.25) is 0 Å². The van der Waals surface area contributed by atoms with Gasteiger partial charge in [-0.05, 0) is 30.0 Å². The minimum Gasteiger partial charge on any atom is -0.398 e. The SMILES string of the molecule is Cc1c(N)cc(C(=O)c2ccc(C(C)(C)C)cc2)cc1F. The van der Waals surface area contributed by atoms with Crippen LogP contribution in [-0.4, -0.2) is 5.78 Å². The number of nitrogen functional groups attached to an aromatic ring is 1. The summed E-state index contributed by atoms with van der Waals surface area (Å²) in [5, 5.41) is 0. The van der Waals surface area contributed by atoms with Crippen LogP contribution >= 0.6 is 0 Å². The average Bonchev–Trinajstić information content (AvgIpc) is 2.42. The zero-order chi connectivity index (χ0) is 15.8. The van der Waals surface area contributed by atoms with Crippen molar-refractivity contribution >= 4 is 11.5 Å². The first-order chi connectivity index (χ1) is 9.70. The van der Waals surface area contributed by atoms with Crippen molar-refractivity contribution in [3.8, 4) is 0 Å². The van der Waals surface area contributed by atoms with Gasteiger partial charge in [0.1, 0.15) is 5.82 Å². The van der Waals surface area contributed by atoms with Gasteiger partial charge in [0.25, 0.3) is 0 Å². The molecule has 21 heavy (non-hydrogen) atoms. The van der Waals surface area contributed by atoms with Crippen molar-refractivity contribution in [3.63, 3.8) is 0 Å². The van der Waals surface area contributed by atoms with Crippen LogP contribution in [0.15, 0.2) is 36.4 Å². The van der Waals surface area contributed by atoms with Gasteiger partial charge in [-0.2, -0.15) is 0 Å². The van der Waals surface area contributed by atoms with Crippen LogP contribution in [0.1, 0.15) is 47.8 Å². The predicted octanol–water partition coefficient (Wildman–Crippen LogP) is 4.24. The molecular weight excluding hydrogens is 265 g/mol. The van der Waals surface area contributed by atoms with E-state index in [1.165, 1.54) is 12.1 Å². The second-order valence-corrected chi connectivity index (χ2v) is 6.33. The van der Waals surface area contributed by atoms with E-state index in [0.29, 0.717) is 16.8 Å². The average molecular weight is 285 g/mol. The van der Waals surface area contributed by atoms with E-state index in [1.54, 1.807) is 19.1 Å². The third-order valence-corrected chi connectivity index (χ3v) is 3.66. The molecular formula is C18H20FNO. The van der Waals surface area contributed by atoms with Gasteiger partial charge in [-0.1, -0.05) is 45.0 Å². The number of anilines is 1. The lowest BCUT2D eigenvalue weighted by molar-refractivity contribution is 0.103. The smallest absolute Gasteiger partial charge is 0.193 e. The quantitative estimate of drug-likeness (QED) is 0.662. The van der Waals surface area contributed by atoms with Crippen LogP contribution in [0.4, 0.5) is 10.1 Å². The molecule has 0 aliphatic heterocycles. The summed E-state index contributed by atoms with van der Waals surface area (Å²) in [7, 11) is 0. The second kappa shape index (κ2) is 5.32. The molecule has 0 heterocycles. The molecule has 0 aliphatic rings. The van der Waals surface area contributed by atoms with Crippen LogP contribution in [0, 0.1) is 12.7 Å². The number of halogens is 1. The fourth-order valence-electron chi connectivity index (χ4n) is 2.12. The molecule has 2 aromatic carbocycles. The van der Waals surface area contributed by atoms with Crippen molar-refractivity contribution in [2.24, 2.45) is 0 Å². The highest BCUT2D eigenvalue weighted by atomic mass is 19.1. The molecule has 2 aromatic rings. The summed E-state index contributed by atoms with van der Waals surface area (Å²) in [6, 6.07) is 10.2. The van der Waals surface area contributed by atoms with E-state index in [4.69, 9.17) is 5.73 Å². The molecule has 0 amide bonds. The molecule has 0 radical (unpaired) electrons. The highest BCUT2D eigenvalue weighted by molar-refractivity contribution is 6.09. The van der Waals surface area contributed by atoms with E-state index in [2.05, 4.69) is 20.8 Å². The fourth-order valence-corrected chi connectivity index (χ4v) is 2.12. The molecule has 0 spiro atoms. The van der Waals surface area contributed by atoms with Gasteiger partial charge >= 0.3 is 0 Å². The second-order valence-electron chi connectivity index (χ2n) is 6.33. The van der Waals surface area contributed by atoms with Gasteiger partial charge in [-0.25, -0.2) is 4.39 Å². The van der Waals surface area contributed by atoms with Crippen molar-refractivity contribution in [2.45, 2.75) is 33.1 Å². The predicted molar refractivity (Wildman–Crippen MR) is 84.1 cm³/mol. The summed E-state index contributed by atoms with van der Waals surface area (Å²) >= 11 is 0. The van der Waals surface area contributed by atoms with Crippen molar-refractivity contribution in [2.75, 3.05) is 5.73 Å². The maximum absolute atomic E-state index is 13.7. The highest BCUT2D eigenvalue weighted by Gasteiger charge is 2.16. The van der Waals surface area contributed by atoms with Gasteiger partial charge in [0.05, 0.1) is 0 Å². The Hall–Kier alpha value is -2.16. The molecule has 0 bridgehead atoms. The molecule has 0 saturated carbocycles. The van der Waals surface area contributed by atoms with Crippen LogP contribution in [0.25, 0.3) is 0 Å². The number of rotatable bonds is 2. The van der Waals surface area contributed by atoms with E-state index >= 15 is 0 Å². The van der Waals surface area contributed by atoms with Gasteiger partial charge < -0.3 is 5.73 Å². The molecule has 2 nitrogen and oxygen atoms in total. The number of carbonyl (C=O) groups is 1. The first-order valence-corrected chi connectivity index (χ1v) is 6.91. The van der Waals surface area contributed by atoms with E-state index in [9.17, 15) is 9.18 Å². The monoisotopic (exact) mass is 285 g/mol. The van der Waals surface area contributed by atoms with Crippen LogP contribution in [0.3, 0.4) is 0 Å². The largest absolute Gasteiger partial charge is 0.398 e. The summed E-state index contributed by atoms with van der Waals surface area (Å²) in [5.74, 6) is -0.675. The van der Waals surface area contributed by atoms with E-state index < -0.39 is 5.82 Å². The molecule has 3 heteroatoms. The van der Waals surface area contributed by atoms with Gasteiger partial charge in [-0.3, -0.25) is 4.79 Å². The molecule has 0 fully saturated rings. The number of nitrogens with two attached hydrogens (primary N) is 1. The van der Waals surface area contributed by atoms with Crippen LogP contribution in [0.5, 0.6) is 0 Å². The van der Waals surface area contributed by atoms with Gasteiger partial charge in [0, 0.05) is 22.4 Å². The van der Waals surface area contributed by atoms with Crippen molar-refractivity contribution in [1.29, 1.82) is 0 Å². The fraction of sp³-hybridized carbons (Fsp3) is 0.278. The molecule has 0 aromatic heterocycles. The highest BCUT2D eigenvalue weighted by Crippen LogP contribution is 2.24. The maximum atomic E-state index is 13.7. The van der Waals surface area contributed by atoms with Crippen LogP contribution in [0.2, 0.25) is 0 Å². The Morgan fingerprint density at radius 3 is 2.10 bits per heavy atom. The van der Waals surface area contributed by atoms with E-state index in [0.717, 1.165) is 5.56 Å². The normalized spacial score (nSPS) is 11.5. The summed E-state index contributed by atoms with van der Waals surface area (Å²) in [6.45, 7) is 7.93. The maximum Gasteiger partial charge on any atom is 0.193 e. The van der Waals surface area contributed by atoms with E-state index in [1.807, 2.05) is 12.1 Å². The van der Waals surface area contributed by atoms with Gasteiger partial charge in [-0.15, -0.1) is 0 Å². The van der Waals surface area contributed by atoms with Crippen molar-refractivity contribution in [3.05, 3.63) is 64.5 Å². The lowest BCUT2D eigenvalue weighted by atomic mass is 9.86. The lowest BCUT2D eigenvalue weighted by Crippen LogP contribution is -2.11. The Morgan fingerprint density at radius 1 is 1.05 bits per heavy atom. The Morgan fingerprint density at radius 2 is 1.62 bits per heavy atom. The number of ketones is 1. The standard InChI is InChI=1S/C18H20FNO/c1-11-15(19)9-13(10-16(11)20)17(21)12-5-7-14(8-6-12)18(2,3)4/h5-10H,20H2,1-4H3. The summed E-state index contributed by atoms with van der Waals surface area (Å²) in [5.41, 5.74) is 8.38. The van der Waals surface area contributed by atoms with Crippen molar-refractivity contribution < 1.29 is 9.18 Å². The topological polar surface area (TPSA) is 43.1 Å². The van der Waals surface area contributed by atoms with E-state index in [-0.39, 0.29) is 16.8 Å². The third-order valence-electron chi connectivity index (χ3n) is 3.66. The Balaban J connectivity index is 2.37. The third kappa shape index (κ3) is 3.13. The van der Waals surface area contributed by atoms with Gasteiger partial charge in [0.15, 0.2) is 5.78 Å². The first-order valence-electron chi connectivity index (χ1n) is 6.91.